The third-order valence-corrected chi connectivity index (χ3v) is 5.53. The van der Waals surface area contributed by atoms with Crippen molar-refractivity contribution in [3.63, 3.8) is 0 Å². The average Bonchev–Trinajstić information content (AvgIpc) is 2.88. The smallest absolute Gasteiger partial charge is 0.0830 e. The molecular weight excluding hydrogens is 340 g/mol. The fourth-order valence-corrected chi connectivity index (χ4v) is 4.11. The molecule has 0 amide bonds. The van der Waals surface area contributed by atoms with Crippen molar-refractivity contribution < 1.29 is 4.74 Å². The Bertz CT molecular complexity index is 1010. The van der Waals surface area contributed by atoms with E-state index in [1.807, 2.05) is 24.3 Å². The van der Waals surface area contributed by atoms with E-state index in [4.69, 9.17) is 16.3 Å². The molecule has 0 heterocycles. The Kier molecular flexibility index (Phi) is 4.13. The lowest BCUT2D eigenvalue weighted by Crippen LogP contribution is -2.14. The van der Waals surface area contributed by atoms with Crippen LogP contribution in [0.15, 0.2) is 66.9 Å². The summed E-state index contributed by atoms with van der Waals surface area (Å²) in [5.41, 5.74) is 8.77. The van der Waals surface area contributed by atoms with E-state index in [1.165, 1.54) is 27.8 Å². The van der Waals surface area contributed by atoms with Crippen LogP contribution in [0.5, 0.6) is 0 Å². The standard InChI is InChI=1S/C24H21ClO/c1-24(2)22-7-5-4-6-19(22)20-11-9-17(14-23(20)24)21-15-18(25)10-8-16(21)12-13-26-3/h4-15H,1-3H3. The maximum absolute atomic E-state index is 6.29. The highest BCUT2D eigenvalue weighted by Gasteiger charge is 2.35. The van der Waals surface area contributed by atoms with Gasteiger partial charge in [-0.3, -0.25) is 0 Å². The minimum Gasteiger partial charge on any atom is -0.504 e. The first-order valence-corrected chi connectivity index (χ1v) is 9.14. The third-order valence-electron chi connectivity index (χ3n) is 5.29. The summed E-state index contributed by atoms with van der Waals surface area (Å²) in [5.74, 6) is 0. The maximum Gasteiger partial charge on any atom is 0.0830 e. The monoisotopic (exact) mass is 360 g/mol. The lowest BCUT2D eigenvalue weighted by molar-refractivity contribution is 0.341. The van der Waals surface area contributed by atoms with Crippen molar-refractivity contribution in [1.82, 2.24) is 0 Å². The molecule has 0 aromatic heterocycles. The van der Waals surface area contributed by atoms with Gasteiger partial charge in [-0.25, -0.2) is 0 Å². The summed E-state index contributed by atoms with van der Waals surface area (Å²) >= 11 is 6.29. The van der Waals surface area contributed by atoms with Crippen LogP contribution in [0.4, 0.5) is 0 Å². The molecule has 0 radical (unpaired) electrons. The topological polar surface area (TPSA) is 9.23 Å². The van der Waals surface area contributed by atoms with Crippen molar-refractivity contribution in [2.45, 2.75) is 19.3 Å². The number of fused-ring (bicyclic) bond motifs is 3. The number of benzene rings is 3. The summed E-state index contributed by atoms with van der Waals surface area (Å²) in [6.07, 6.45) is 3.67. The molecular formula is C24H21ClO. The summed E-state index contributed by atoms with van der Waals surface area (Å²) in [6, 6.07) is 21.4. The van der Waals surface area contributed by atoms with E-state index in [1.54, 1.807) is 13.4 Å². The van der Waals surface area contributed by atoms with Gasteiger partial charge in [0.25, 0.3) is 0 Å². The lowest BCUT2D eigenvalue weighted by Gasteiger charge is -2.22. The van der Waals surface area contributed by atoms with E-state index in [0.29, 0.717) is 0 Å². The quantitative estimate of drug-likeness (QED) is 0.460. The maximum atomic E-state index is 6.29. The van der Waals surface area contributed by atoms with Gasteiger partial charge in [0.1, 0.15) is 0 Å². The summed E-state index contributed by atoms with van der Waals surface area (Å²) in [6.45, 7) is 4.59. The fraction of sp³-hybridized carbons (Fsp3) is 0.167. The Balaban J connectivity index is 1.90. The number of hydrogen-bond donors (Lipinski definition) is 0. The second-order valence-corrected chi connectivity index (χ2v) is 7.64. The van der Waals surface area contributed by atoms with Crippen LogP contribution in [0.1, 0.15) is 30.5 Å². The first-order chi connectivity index (χ1) is 12.5. The molecule has 0 atom stereocenters. The molecule has 1 nitrogen and oxygen atoms in total. The zero-order valence-electron chi connectivity index (χ0n) is 15.2. The van der Waals surface area contributed by atoms with Crippen LogP contribution in [-0.4, -0.2) is 7.11 Å². The van der Waals surface area contributed by atoms with Crippen LogP contribution in [0, 0.1) is 0 Å². The highest BCUT2D eigenvalue weighted by atomic mass is 35.5. The van der Waals surface area contributed by atoms with E-state index in [-0.39, 0.29) is 5.41 Å². The SMILES string of the molecule is COC=Cc1ccc(Cl)cc1-c1ccc2c(c1)C(C)(C)c1ccccc1-2. The summed E-state index contributed by atoms with van der Waals surface area (Å²) < 4.78 is 5.10. The average molecular weight is 361 g/mol. The molecule has 0 spiro atoms. The summed E-state index contributed by atoms with van der Waals surface area (Å²) in [7, 11) is 1.65. The van der Waals surface area contributed by atoms with Crippen molar-refractivity contribution >= 4 is 17.7 Å². The molecule has 0 bridgehead atoms. The minimum absolute atomic E-state index is 0.0109. The Morgan fingerprint density at radius 1 is 0.846 bits per heavy atom. The predicted molar refractivity (Wildman–Crippen MR) is 110 cm³/mol. The third kappa shape index (κ3) is 2.64. The molecule has 26 heavy (non-hydrogen) atoms. The molecule has 0 N–H and O–H groups in total. The van der Waals surface area contributed by atoms with E-state index in [0.717, 1.165) is 16.1 Å². The van der Waals surface area contributed by atoms with Gasteiger partial charge >= 0.3 is 0 Å². The molecule has 1 aliphatic rings. The van der Waals surface area contributed by atoms with Gasteiger partial charge in [-0.05, 0) is 63.2 Å². The number of ether oxygens (including phenoxy) is 1. The van der Waals surface area contributed by atoms with Gasteiger partial charge in [0.15, 0.2) is 0 Å². The molecule has 0 unspecified atom stereocenters. The highest BCUT2D eigenvalue weighted by Crippen LogP contribution is 2.49. The van der Waals surface area contributed by atoms with Crippen LogP contribution < -0.4 is 0 Å². The van der Waals surface area contributed by atoms with Crippen molar-refractivity contribution in [2.75, 3.05) is 7.11 Å². The van der Waals surface area contributed by atoms with Crippen LogP contribution in [0.2, 0.25) is 5.02 Å². The van der Waals surface area contributed by atoms with Gasteiger partial charge in [0, 0.05) is 10.4 Å². The zero-order valence-corrected chi connectivity index (χ0v) is 16.0. The summed E-state index contributed by atoms with van der Waals surface area (Å²) in [4.78, 5) is 0. The first kappa shape index (κ1) is 16.9. The number of rotatable bonds is 3. The molecule has 0 aliphatic heterocycles. The number of halogens is 1. The van der Waals surface area contributed by atoms with Crippen molar-refractivity contribution in [2.24, 2.45) is 0 Å². The molecule has 3 aromatic rings. The van der Waals surface area contributed by atoms with Crippen LogP contribution in [0.3, 0.4) is 0 Å². The highest BCUT2D eigenvalue weighted by molar-refractivity contribution is 6.31. The molecule has 3 aromatic carbocycles. The molecule has 1 aliphatic carbocycles. The van der Waals surface area contributed by atoms with E-state index >= 15 is 0 Å². The minimum atomic E-state index is -0.0109. The van der Waals surface area contributed by atoms with Crippen molar-refractivity contribution in [3.05, 3.63) is 88.6 Å². The van der Waals surface area contributed by atoms with Crippen molar-refractivity contribution in [1.29, 1.82) is 0 Å². The largest absolute Gasteiger partial charge is 0.504 e. The van der Waals surface area contributed by atoms with Crippen LogP contribution >= 0.6 is 11.6 Å². The van der Waals surface area contributed by atoms with Gasteiger partial charge in [0.05, 0.1) is 13.4 Å². The molecule has 0 fully saturated rings. The number of hydrogen-bond acceptors (Lipinski definition) is 1. The van der Waals surface area contributed by atoms with E-state index in [2.05, 4.69) is 56.3 Å². The zero-order chi connectivity index (χ0) is 18.3. The Morgan fingerprint density at radius 3 is 2.42 bits per heavy atom. The van der Waals surface area contributed by atoms with Gasteiger partial charge in [0.2, 0.25) is 0 Å². The van der Waals surface area contributed by atoms with Gasteiger partial charge in [-0.1, -0.05) is 67.9 Å². The first-order valence-electron chi connectivity index (χ1n) is 8.76. The number of methoxy groups -OCH3 is 1. The second-order valence-electron chi connectivity index (χ2n) is 7.20. The Morgan fingerprint density at radius 2 is 1.62 bits per heavy atom. The van der Waals surface area contributed by atoms with E-state index in [9.17, 15) is 0 Å². The van der Waals surface area contributed by atoms with E-state index < -0.39 is 0 Å². The van der Waals surface area contributed by atoms with Crippen molar-refractivity contribution in [3.8, 4) is 22.3 Å². The predicted octanol–water partition coefficient (Wildman–Crippen LogP) is 6.93. The Labute approximate surface area is 159 Å². The second kappa shape index (κ2) is 6.34. The van der Waals surface area contributed by atoms with Gasteiger partial charge < -0.3 is 4.74 Å². The molecule has 4 rings (SSSR count). The Hall–Kier alpha value is -2.51. The van der Waals surface area contributed by atoms with Crippen LogP contribution in [-0.2, 0) is 10.2 Å². The van der Waals surface area contributed by atoms with Gasteiger partial charge in [-0.2, -0.15) is 0 Å². The van der Waals surface area contributed by atoms with Gasteiger partial charge in [-0.15, -0.1) is 0 Å². The lowest BCUT2D eigenvalue weighted by atomic mass is 9.81. The normalized spacial score (nSPS) is 14.3. The fourth-order valence-electron chi connectivity index (χ4n) is 3.94. The summed E-state index contributed by atoms with van der Waals surface area (Å²) in [5, 5.41) is 0.734. The molecule has 0 saturated carbocycles. The van der Waals surface area contributed by atoms with Crippen LogP contribution in [0.25, 0.3) is 28.3 Å². The molecule has 2 heteroatoms. The molecule has 0 saturated heterocycles. The molecule has 130 valence electrons.